The van der Waals surface area contributed by atoms with Crippen LogP contribution in [0.15, 0.2) is 115 Å². The van der Waals surface area contributed by atoms with Gasteiger partial charge in [-0.1, -0.05) is 23.2 Å². The Morgan fingerprint density at radius 3 is 1.21 bits per heavy atom. The molecule has 2 heterocycles. The molecule has 57 heavy (non-hydrogen) atoms. The summed E-state index contributed by atoms with van der Waals surface area (Å²) in [6.07, 6.45) is 0. The zero-order valence-corrected chi connectivity index (χ0v) is 34.2. The van der Waals surface area contributed by atoms with Crippen molar-refractivity contribution in [3.63, 3.8) is 0 Å². The van der Waals surface area contributed by atoms with Crippen LogP contribution in [0, 0.1) is 13.8 Å². The molecule has 6 aromatic rings. The second-order valence-corrected chi connectivity index (χ2v) is 16.1. The molecular formula is C34H32Cl2CoN10O8S2. The summed E-state index contributed by atoms with van der Waals surface area (Å²) >= 11 is 11.7. The van der Waals surface area contributed by atoms with Gasteiger partial charge >= 0.3 is 0 Å². The van der Waals surface area contributed by atoms with Crippen molar-refractivity contribution in [2.75, 3.05) is 14.1 Å². The number of aryl methyl sites for hydroxylation is 2. The van der Waals surface area contributed by atoms with Crippen molar-refractivity contribution in [2.24, 2.45) is 20.5 Å². The molecule has 18 nitrogen and oxygen atoms in total. The summed E-state index contributed by atoms with van der Waals surface area (Å²) in [4.78, 5) is -0.167. The van der Waals surface area contributed by atoms with Gasteiger partial charge in [0.1, 0.15) is 22.9 Å². The first-order chi connectivity index (χ1) is 26.4. The van der Waals surface area contributed by atoms with E-state index in [-0.39, 0.29) is 72.6 Å². The van der Waals surface area contributed by atoms with Crippen molar-refractivity contribution in [1.29, 1.82) is 0 Å². The Labute approximate surface area is 346 Å². The molecule has 0 saturated carbocycles. The molecule has 4 aromatic carbocycles. The maximum atomic E-state index is 11.9. The van der Waals surface area contributed by atoms with Gasteiger partial charge in [-0.2, -0.15) is 19.6 Å². The summed E-state index contributed by atoms with van der Waals surface area (Å²) in [6.45, 7) is 3.25. The van der Waals surface area contributed by atoms with E-state index in [4.69, 9.17) is 23.2 Å². The summed E-state index contributed by atoms with van der Waals surface area (Å²) in [5.74, 6) is -1.05. The van der Waals surface area contributed by atoms with Gasteiger partial charge in [-0.05, 0) is 113 Å². The normalized spacial score (nSPS) is 11.8. The quantitative estimate of drug-likeness (QED) is 0.0758. The fourth-order valence-corrected chi connectivity index (χ4v) is 6.47. The fourth-order valence-electron chi connectivity index (χ4n) is 4.72. The molecule has 0 spiro atoms. The maximum Gasteiger partial charge on any atom is 0.243 e. The average Bonchev–Trinajstić information content (AvgIpc) is 3.62. The molecule has 2 aromatic heterocycles. The number of halogens is 2. The zero-order valence-electron chi connectivity index (χ0n) is 30.0. The third-order valence-electron chi connectivity index (χ3n) is 7.72. The minimum Gasteiger partial charge on any atom is -0.506 e. The van der Waals surface area contributed by atoms with Gasteiger partial charge in [0, 0.05) is 26.8 Å². The molecule has 23 heteroatoms. The van der Waals surface area contributed by atoms with Crippen molar-refractivity contribution in [1.82, 2.24) is 29.0 Å². The minimum atomic E-state index is -3.71. The zero-order chi connectivity index (χ0) is 40.9. The number of benzene rings is 4. The van der Waals surface area contributed by atoms with E-state index >= 15 is 0 Å². The summed E-state index contributed by atoms with van der Waals surface area (Å²) in [5.41, 5.74) is 1.91. The molecular weight excluding hydrogens is 870 g/mol. The van der Waals surface area contributed by atoms with E-state index < -0.39 is 20.0 Å². The van der Waals surface area contributed by atoms with Gasteiger partial charge in [0.25, 0.3) is 0 Å². The molecule has 0 unspecified atom stereocenters. The van der Waals surface area contributed by atoms with Crippen molar-refractivity contribution >= 4 is 66.0 Å². The number of sulfonamides is 2. The number of hydrogen-bond acceptors (Lipinski definition) is 14. The Kier molecular flexibility index (Phi) is 14.2. The van der Waals surface area contributed by atoms with Gasteiger partial charge in [-0.15, -0.1) is 20.5 Å². The first-order valence-electron chi connectivity index (χ1n) is 15.9. The Balaban J connectivity index is 0.000000248. The van der Waals surface area contributed by atoms with Gasteiger partial charge in [0.05, 0.1) is 32.6 Å². The number of aromatic hydroxyl groups is 4. The topological polar surface area (TPSA) is 258 Å². The molecule has 6 rings (SSSR count). The van der Waals surface area contributed by atoms with Crippen molar-refractivity contribution in [2.45, 2.75) is 23.6 Å². The van der Waals surface area contributed by atoms with Crippen LogP contribution in [0.25, 0.3) is 11.4 Å². The van der Waals surface area contributed by atoms with E-state index in [0.29, 0.717) is 32.8 Å². The largest absolute Gasteiger partial charge is 0.506 e. The summed E-state index contributed by atoms with van der Waals surface area (Å²) in [7, 11) is -4.88. The monoisotopic (exact) mass is 901 g/mol. The van der Waals surface area contributed by atoms with E-state index in [1.54, 1.807) is 62.4 Å². The third-order valence-corrected chi connectivity index (χ3v) is 11.0. The third kappa shape index (κ3) is 10.1. The van der Waals surface area contributed by atoms with Crippen molar-refractivity contribution in [3.05, 3.63) is 106 Å². The fraction of sp³-hybridized carbons (Fsp3) is 0.118. The van der Waals surface area contributed by atoms with E-state index in [9.17, 15) is 37.3 Å². The van der Waals surface area contributed by atoms with Crippen molar-refractivity contribution < 1.29 is 54.0 Å². The van der Waals surface area contributed by atoms with Crippen LogP contribution >= 0.6 is 23.2 Å². The molecule has 6 N–H and O–H groups in total. The molecule has 0 aliphatic carbocycles. The van der Waals surface area contributed by atoms with Crippen LogP contribution in [0.4, 0.5) is 22.7 Å². The van der Waals surface area contributed by atoms with Crippen LogP contribution in [0.5, 0.6) is 23.3 Å². The molecule has 0 fully saturated rings. The van der Waals surface area contributed by atoms with Crippen LogP contribution in [0.1, 0.15) is 11.4 Å². The van der Waals surface area contributed by atoms with Gasteiger partial charge in [-0.25, -0.2) is 26.3 Å². The number of azo groups is 2. The van der Waals surface area contributed by atoms with Crippen LogP contribution in [-0.4, -0.2) is 70.9 Å². The van der Waals surface area contributed by atoms with E-state index in [0.717, 1.165) is 0 Å². The number of phenols is 2. The van der Waals surface area contributed by atoms with Gasteiger partial charge < -0.3 is 20.4 Å². The molecule has 0 bridgehead atoms. The van der Waals surface area contributed by atoms with Crippen LogP contribution in [0.3, 0.4) is 0 Å². The first kappa shape index (κ1) is 44.3. The van der Waals surface area contributed by atoms with Crippen LogP contribution < -0.4 is 9.44 Å². The van der Waals surface area contributed by atoms with Gasteiger partial charge in [-0.3, -0.25) is 0 Å². The Morgan fingerprint density at radius 1 is 0.561 bits per heavy atom. The summed E-state index contributed by atoms with van der Waals surface area (Å²) < 4.78 is 54.5. The summed E-state index contributed by atoms with van der Waals surface area (Å²) in [5, 5.41) is 65.9. The van der Waals surface area contributed by atoms with Crippen LogP contribution in [0.2, 0.25) is 10.0 Å². The second-order valence-electron chi connectivity index (χ2n) is 11.4. The van der Waals surface area contributed by atoms with Gasteiger partial charge in [0.15, 0.2) is 11.4 Å². The predicted octanol–water partition coefficient (Wildman–Crippen LogP) is 7.14. The standard InChI is InChI=1S/2C17H16ClN5O4S.Co/c2*1-10-16(17(25)23(22-10)12-5-3-11(18)4-6-12)21-20-14-9-13(7-8-15(14)24)28(26,27)19-2;/h2*3-9,19,24-25H,1-2H3;. The number of hydrogen-bond donors (Lipinski definition) is 6. The maximum absolute atomic E-state index is 11.9. The molecule has 0 atom stereocenters. The van der Waals surface area contributed by atoms with E-state index in [1.807, 2.05) is 0 Å². The molecule has 0 aliphatic rings. The van der Waals surface area contributed by atoms with Crippen molar-refractivity contribution in [3.8, 4) is 34.6 Å². The number of nitrogens with one attached hydrogen (secondary N) is 2. The summed E-state index contributed by atoms with van der Waals surface area (Å²) in [6, 6.07) is 20.5. The van der Waals surface area contributed by atoms with Crippen LogP contribution in [-0.2, 0) is 36.8 Å². The SMILES string of the molecule is CNS(=O)(=O)c1ccc(O)c(N=Nc2c(C)nn(-c3ccc(Cl)cc3)c2O)c1.CNS(=O)(=O)c1ccc(O)c(N=Nc2c(C)nn(-c3ccc(Cl)cc3)c2O)c1.[Co]. The Bertz CT molecular complexity index is 2510. The van der Waals surface area contributed by atoms with E-state index in [1.165, 1.54) is 59.9 Å². The number of rotatable bonds is 10. The number of phenolic OH excluding ortho intramolecular Hbond substituents is 2. The molecule has 301 valence electrons. The molecule has 0 aliphatic heterocycles. The predicted molar refractivity (Wildman–Crippen MR) is 207 cm³/mol. The van der Waals surface area contributed by atoms with Gasteiger partial charge in [0.2, 0.25) is 31.8 Å². The average molecular weight is 903 g/mol. The smallest absolute Gasteiger partial charge is 0.243 e. The molecule has 1 radical (unpaired) electrons. The number of aromatic nitrogens is 4. The number of nitrogens with zero attached hydrogens (tertiary/aromatic N) is 8. The molecule has 0 amide bonds. The second kappa shape index (κ2) is 18.2. The van der Waals surface area contributed by atoms with E-state index in [2.05, 4.69) is 40.1 Å². The molecule has 0 saturated heterocycles. The minimum absolute atomic E-state index is 0. The first-order valence-corrected chi connectivity index (χ1v) is 19.6. The Morgan fingerprint density at radius 2 is 0.895 bits per heavy atom. The Hall–Kier alpha value is -5.39.